The molecule has 1 aromatic rings. The summed E-state index contributed by atoms with van der Waals surface area (Å²) < 4.78 is 0. The first-order chi connectivity index (χ1) is 10.00. The zero-order valence-electron chi connectivity index (χ0n) is 12.8. The highest BCUT2D eigenvalue weighted by Gasteiger charge is 2.20. The average molecular weight is 314 g/mol. The molecule has 1 unspecified atom stereocenters. The molecule has 0 bridgehead atoms. The highest BCUT2D eigenvalue weighted by molar-refractivity contribution is 6.28. The third-order valence-electron chi connectivity index (χ3n) is 3.65. The number of hydrogen-bond donors (Lipinski definition) is 2. The van der Waals surface area contributed by atoms with Crippen LogP contribution in [0.4, 0.5) is 11.9 Å². The molecule has 2 N–H and O–H groups in total. The van der Waals surface area contributed by atoms with Gasteiger partial charge >= 0.3 is 0 Å². The standard InChI is InChI=1S/C14H24ClN5O/c1-3-7-14(2,21)10-16-12-17-11(15)18-13(19-12)20-8-5-4-6-9-20/h21H,3-10H2,1-2H3,(H,16,17,18,19). The third kappa shape index (κ3) is 4.97. The molecule has 0 aliphatic carbocycles. The van der Waals surface area contributed by atoms with Gasteiger partial charge in [-0.1, -0.05) is 13.3 Å². The minimum absolute atomic E-state index is 0.184. The Hall–Kier alpha value is -1.14. The summed E-state index contributed by atoms with van der Waals surface area (Å²) >= 11 is 5.99. The Bertz CT molecular complexity index is 463. The Morgan fingerprint density at radius 2 is 1.95 bits per heavy atom. The molecule has 0 radical (unpaired) electrons. The number of aromatic nitrogens is 3. The first-order valence-corrected chi connectivity index (χ1v) is 8.01. The molecule has 0 saturated carbocycles. The molecule has 0 spiro atoms. The van der Waals surface area contributed by atoms with Crippen molar-refractivity contribution in [2.45, 2.75) is 51.6 Å². The maximum Gasteiger partial charge on any atom is 0.231 e. The fraction of sp³-hybridized carbons (Fsp3) is 0.786. The molecule has 6 nitrogen and oxygen atoms in total. The van der Waals surface area contributed by atoms with Crippen molar-refractivity contribution in [2.24, 2.45) is 0 Å². The molecule has 7 heteroatoms. The lowest BCUT2D eigenvalue weighted by atomic mass is 10.0. The van der Waals surface area contributed by atoms with Gasteiger partial charge in [-0.05, 0) is 44.2 Å². The minimum atomic E-state index is -0.779. The molecule has 1 atom stereocenters. The second-order valence-corrected chi connectivity index (χ2v) is 6.21. The van der Waals surface area contributed by atoms with Crippen molar-refractivity contribution in [1.29, 1.82) is 0 Å². The fourth-order valence-electron chi connectivity index (χ4n) is 2.55. The maximum absolute atomic E-state index is 10.2. The van der Waals surface area contributed by atoms with Gasteiger partial charge in [0.2, 0.25) is 17.2 Å². The first-order valence-electron chi connectivity index (χ1n) is 7.63. The molecule has 1 fully saturated rings. The van der Waals surface area contributed by atoms with Crippen molar-refractivity contribution >= 4 is 23.5 Å². The van der Waals surface area contributed by atoms with E-state index in [4.69, 9.17) is 11.6 Å². The number of anilines is 2. The first kappa shape index (κ1) is 16.2. The summed E-state index contributed by atoms with van der Waals surface area (Å²) in [4.78, 5) is 14.8. The normalized spacial score (nSPS) is 18.4. The molecule has 2 heterocycles. The minimum Gasteiger partial charge on any atom is -0.388 e. The number of piperidine rings is 1. The van der Waals surface area contributed by atoms with Crippen molar-refractivity contribution in [2.75, 3.05) is 29.9 Å². The van der Waals surface area contributed by atoms with Crippen LogP contribution in [0.5, 0.6) is 0 Å². The summed E-state index contributed by atoms with van der Waals surface area (Å²) in [6.07, 6.45) is 5.19. The maximum atomic E-state index is 10.2. The Kier molecular flexibility index (Phi) is 5.58. The summed E-state index contributed by atoms with van der Waals surface area (Å²) in [7, 11) is 0. The molecule has 1 aliphatic heterocycles. The van der Waals surface area contributed by atoms with Crippen LogP contribution in [0, 0.1) is 0 Å². The van der Waals surface area contributed by atoms with E-state index in [1.807, 2.05) is 6.92 Å². The Morgan fingerprint density at radius 3 is 2.62 bits per heavy atom. The second-order valence-electron chi connectivity index (χ2n) is 5.88. The Morgan fingerprint density at radius 1 is 1.24 bits per heavy atom. The van der Waals surface area contributed by atoms with Gasteiger partial charge in [-0.15, -0.1) is 0 Å². The molecule has 2 rings (SSSR count). The summed E-state index contributed by atoms with van der Waals surface area (Å²) in [6.45, 7) is 6.14. The molecule has 1 saturated heterocycles. The number of rotatable bonds is 6. The molecule has 0 amide bonds. The van der Waals surface area contributed by atoms with Crippen LogP contribution in [0.2, 0.25) is 5.28 Å². The number of aliphatic hydroxyl groups is 1. The average Bonchev–Trinajstić information content (AvgIpc) is 2.46. The lowest BCUT2D eigenvalue weighted by Crippen LogP contribution is -2.34. The Balaban J connectivity index is 2.04. The van der Waals surface area contributed by atoms with E-state index in [1.165, 1.54) is 6.42 Å². The van der Waals surface area contributed by atoms with Gasteiger partial charge in [0.05, 0.1) is 5.60 Å². The number of nitrogens with one attached hydrogen (secondary N) is 1. The highest BCUT2D eigenvalue weighted by Crippen LogP contribution is 2.19. The van der Waals surface area contributed by atoms with Gasteiger partial charge in [0, 0.05) is 19.6 Å². The summed E-state index contributed by atoms with van der Waals surface area (Å²) in [5.74, 6) is 1.04. The van der Waals surface area contributed by atoms with Crippen molar-refractivity contribution in [3.05, 3.63) is 5.28 Å². The van der Waals surface area contributed by atoms with Gasteiger partial charge in [-0.3, -0.25) is 0 Å². The van der Waals surface area contributed by atoms with Crippen molar-refractivity contribution in [3.63, 3.8) is 0 Å². The summed E-state index contributed by atoms with van der Waals surface area (Å²) in [6, 6.07) is 0. The lowest BCUT2D eigenvalue weighted by Gasteiger charge is -2.27. The largest absolute Gasteiger partial charge is 0.388 e. The van der Waals surface area contributed by atoms with Crippen LogP contribution in [0.15, 0.2) is 0 Å². The van der Waals surface area contributed by atoms with Crippen LogP contribution in [-0.4, -0.2) is 45.3 Å². The zero-order valence-corrected chi connectivity index (χ0v) is 13.5. The van der Waals surface area contributed by atoms with Gasteiger partial charge in [-0.25, -0.2) is 0 Å². The topological polar surface area (TPSA) is 74.2 Å². The van der Waals surface area contributed by atoms with Gasteiger partial charge in [0.1, 0.15) is 0 Å². The second kappa shape index (κ2) is 7.22. The summed E-state index contributed by atoms with van der Waals surface area (Å²) in [5.41, 5.74) is -0.779. The molecular weight excluding hydrogens is 290 g/mol. The number of halogens is 1. The van der Waals surface area contributed by atoms with Gasteiger partial charge in [0.15, 0.2) is 0 Å². The van der Waals surface area contributed by atoms with Gasteiger partial charge < -0.3 is 15.3 Å². The van der Waals surface area contributed by atoms with Crippen LogP contribution < -0.4 is 10.2 Å². The van der Waals surface area contributed by atoms with Crippen molar-refractivity contribution in [1.82, 2.24) is 15.0 Å². The van der Waals surface area contributed by atoms with E-state index in [9.17, 15) is 5.11 Å². The molecular formula is C14H24ClN5O. The molecule has 1 aliphatic rings. The van der Waals surface area contributed by atoms with Crippen LogP contribution in [-0.2, 0) is 0 Å². The molecule has 118 valence electrons. The predicted octanol–water partition coefficient (Wildman–Crippen LogP) is 2.48. The summed E-state index contributed by atoms with van der Waals surface area (Å²) in [5, 5.41) is 13.4. The lowest BCUT2D eigenvalue weighted by molar-refractivity contribution is 0.0635. The molecule has 21 heavy (non-hydrogen) atoms. The van der Waals surface area contributed by atoms with E-state index >= 15 is 0 Å². The fourth-order valence-corrected chi connectivity index (χ4v) is 2.71. The van der Waals surface area contributed by atoms with Gasteiger partial charge in [-0.2, -0.15) is 15.0 Å². The van der Waals surface area contributed by atoms with E-state index in [0.717, 1.165) is 38.8 Å². The van der Waals surface area contributed by atoms with Crippen LogP contribution in [0.1, 0.15) is 46.0 Å². The van der Waals surface area contributed by atoms with E-state index in [-0.39, 0.29) is 5.28 Å². The van der Waals surface area contributed by atoms with E-state index in [1.54, 1.807) is 6.92 Å². The Labute approximate surface area is 131 Å². The van der Waals surface area contributed by atoms with Crippen molar-refractivity contribution in [3.8, 4) is 0 Å². The predicted molar refractivity (Wildman–Crippen MR) is 84.9 cm³/mol. The number of nitrogens with zero attached hydrogens (tertiary/aromatic N) is 4. The number of hydrogen-bond acceptors (Lipinski definition) is 6. The highest BCUT2D eigenvalue weighted by atomic mass is 35.5. The van der Waals surface area contributed by atoms with E-state index in [0.29, 0.717) is 18.4 Å². The van der Waals surface area contributed by atoms with Crippen LogP contribution in [0.3, 0.4) is 0 Å². The van der Waals surface area contributed by atoms with Gasteiger partial charge in [0.25, 0.3) is 0 Å². The quantitative estimate of drug-likeness (QED) is 0.840. The van der Waals surface area contributed by atoms with Crippen molar-refractivity contribution < 1.29 is 5.11 Å². The smallest absolute Gasteiger partial charge is 0.231 e. The molecule has 0 aromatic carbocycles. The van der Waals surface area contributed by atoms with Crippen LogP contribution >= 0.6 is 11.6 Å². The van der Waals surface area contributed by atoms with E-state index in [2.05, 4.69) is 25.2 Å². The van der Waals surface area contributed by atoms with E-state index < -0.39 is 5.60 Å². The molecule has 1 aromatic heterocycles. The SMILES string of the molecule is CCCC(C)(O)CNc1nc(Cl)nc(N2CCCCC2)n1. The monoisotopic (exact) mass is 313 g/mol. The van der Waals surface area contributed by atoms with Crippen LogP contribution in [0.25, 0.3) is 0 Å². The third-order valence-corrected chi connectivity index (χ3v) is 3.82. The zero-order chi connectivity index (χ0) is 15.3.